The number of carbonyl (C=O) groups is 2. The first-order valence-electron chi connectivity index (χ1n) is 10.9. The molecule has 6 heteroatoms. The molecule has 1 unspecified atom stereocenters. The third-order valence-electron chi connectivity index (χ3n) is 6.00. The molecule has 0 radical (unpaired) electrons. The number of amides is 2. The van der Waals surface area contributed by atoms with Gasteiger partial charge in [0, 0.05) is 50.4 Å². The summed E-state index contributed by atoms with van der Waals surface area (Å²) in [6.45, 7) is 15.1. The molecule has 29 heavy (non-hydrogen) atoms. The highest BCUT2D eigenvalue weighted by molar-refractivity contribution is 5.98. The summed E-state index contributed by atoms with van der Waals surface area (Å²) in [7, 11) is 0. The van der Waals surface area contributed by atoms with E-state index >= 15 is 0 Å². The predicted octanol–water partition coefficient (Wildman–Crippen LogP) is 2.80. The third kappa shape index (κ3) is 5.58. The van der Waals surface area contributed by atoms with Crippen molar-refractivity contribution < 1.29 is 9.59 Å². The summed E-state index contributed by atoms with van der Waals surface area (Å²) in [6.07, 6.45) is 1.61. The van der Waals surface area contributed by atoms with E-state index in [4.69, 9.17) is 0 Å². The van der Waals surface area contributed by atoms with Crippen LogP contribution in [0.1, 0.15) is 46.1 Å². The summed E-state index contributed by atoms with van der Waals surface area (Å²) in [6, 6.07) is 7.76. The smallest absolute Gasteiger partial charge is 0.247 e. The average molecular weight is 401 g/mol. The molecule has 2 heterocycles. The summed E-state index contributed by atoms with van der Waals surface area (Å²) in [5.41, 5.74) is 1.59. The number of carbonyl (C=O) groups excluding carboxylic acids is 2. The van der Waals surface area contributed by atoms with Gasteiger partial charge in [-0.25, -0.2) is 0 Å². The van der Waals surface area contributed by atoms with E-state index in [1.54, 1.807) is 4.90 Å². The number of rotatable bonds is 5. The van der Waals surface area contributed by atoms with Gasteiger partial charge in [-0.3, -0.25) is 14.5 Å². The van der Waals surface area contributed by atoms with E-state index in [0.29, 0.717) is 6.54 Å². The second kappa shape index (κ2) is 9.26. The Kier molecular flexibility index (Phi) is 6.96. The molecule has 6 nitrogen and oxygen atoms in total. The summed E-state index contributed by atoms with van der Waals surface area (Å²) < 4.78 is 0. The molecule has 0 bridgehead atoms. The first-order valence-corrected chi connectivity index (χ1v) is 10.9. The lowest BCUT2D eigenvalue weighted by Crippen LogP contribution is -2.47. The molecule has 3 rings (SSSR count). The lowest BCUT2D eigenvalue weighted by atomic mass is 9.94. The van der Waals surface area contributed by atoms with Crippen LogP contribution >= 0.6 is 0 Å². The monoisotopic (exact) mass is 400 g/mol. The molecule has 1 atom stereocenters. The normalized spacial score (nSPS) is 21.4. The molecule has 0 aromatic heterocycles. The lowest BCUT2D eigenvalue weighted by Gasteiger charge is -2.34. The van der Waals surface area contributed by atoms with Crippen LogP contribution in [0.3, 0.4) is 0 Å². The molecule has 0 aliphatic carbocycles. The fourth-order valence-electron chi connectivity index (χ4n) is 4.15. The maximum absolute atomic E-state index is 12.8. The topological polar surface area (TPSA) is 55.9 Å². The Hall–Kier alpha value is -1.92. The van der Waals surface area contributed by atoms with Gasteiger partial charge in [0.1, 0.15) is 6.04 Å². The van der Waals surface area contributed by atoms with Crippen LogP contribution in [0.4, 0.5) is 5.69 Å². The third-order valence-corrected chi connectivity index (χ3v) is 6.00. The number of anilines is 1. The van der Waals surface area contributed by atoms with Crippen molar-refractivity contribution in [1.82, 2.24) is 14.7 Å². The van der Waals surface area contributed by atoms with Crippen LogP contribution in [0.15, 0.2) is 24.3 Å². The van der Waals surface area contributed by atoms with E-state index in [9.17, 15) is 9.59 Å². The van der Waals surface area contributed by atoms with Crippen molar-refractivity contribution in [2.24, 2.45) is 5.41 Å². The van der Waals surface area contributed by atoms with Crippen LogP contribution in [0.2, 0.25) is 0 Å². The number of piperazine rings is 1. The molecule has 2 aliphatic rings. The van der Waals surface area contributed by atoms with E-state index in [0.717, 1.165) is 57.8 Å². The quantitative estimate of drug-likeness (QED) is 0.826. The van der Waals surface area contributed by atoms with Gasteiger partial charge in [-0.05, 0) is 37.1 Å². The molecule has 2 amide bonds. The second-order valence-electron chi connectivity index (χ2n) is 9.30. The van der Waals surface area contributed by atoms with Crippen LogP contribution in [0, 0.1) is 5.41 Å². The average Bonchev–Trinajstić information content (AvgIpc) is 3.18. The number of hydrogen-bond donors (Lipinski definition) is 1. The van der Waals surface area contributed by atoms with Crippen LogP contribution in [0.5, 0.6) is 0 Å². The number of nitrogens with zero attached hydrogens (tertiary/aromatic N) is 3. The minimum atomic E-state index is -0.465. The van der Waals surface area contributed by atoms with Crippen LogP contribution in [-0.4, -0.2) is 71.8 Å². The maximum atomic E-state index is 12.8. The van der Waals surface area contributed by atoms with Gasteiger partial charge in [0.25, 0.3) is 0 Å². The number of likely N-dealkylation sites (N-methyl/N-ethyl adjacent to an activating group) is 1. The second-order valence-corrected chi connectivity index (χ2v) is 9.30. The zero-order valence-corrected chi connectivity index (χ0v) is 18.4. The fraction of sp³-hybridized carbons (Fsp3) is 0.652. The molecule has 0 spiro atoms. The van der Waals surface area contributed by atoms with Gasteiger partial charge in [0.2, 0.25) is 11.8 Å². The Bertz CT molecular complexity index is 703. The van der Waals surface area contributed by atoms with Crippen LogP contribution in [0.25, 0.3) is 0 Å². The molecule has 2 aliphatic heterocycles. The Labute approximate surface area is 175 Å². The van der Waals surface area contributed by atoms with Gasteiger partial charge in [0.05, 0.1) is 0 Å². The molecule has 160 valence electrons. The van der Waals surface area contributed by atoms with Crippen molar-refractivity contribution in [3.05, 3.63) is 29.8 Å². The summed E-state index contributed by atoms with van der Waals surface area (Å²) in [4.78, 5) is 32.2. The Morgan fingerprint density at radius 3 is 2.21 bits per heavy atom. The molecule has 2 saturated heterocycles. The van der Waals surface area contributed by atoms with Gasteiger partial charge in [-0.1, -0.05) is 39.8 Å². The Morgan fingerprint density at radius 1 is 1.00 bits per heavy atom. The van der Waals surface area contributed by atoms with Crippen molar-refractivity contribution in [3.8, 4) is 0 Å². The van der Waals surface area contributed by atoms with E-state index in [1.165, 1.54) is 5.56 Å². The number of nitrogens with one attached hydrogen (secondary N) is 1. The maximum Gasteiger partial charge on any atom is 0.247 e. The van der Waals surface area contributed by atoms with Crippen molar-refractivity contribution in [3.63, 3.8) is 0 Å². The van der Waals surface area contributed by atoms with Crippen LogP contribution in [-0.2, 0) is 16.1 Å². The van der Waals surface area contributed by atoms with Crippen LogP contribution < -0.4 is 5.32 Å². The van der Waals surface area contributed by atoms with Gasteiger partial charge in [-0.15, -0.1) is 0 Å². The molecule has 1 N–H and O–H groups in total. The zero-order chi connectivity index (χ0) is 21.0. The largest absolute Gasteiger partial charge is 0.330 e. The van der Waals surface area contributed by atoms with Gasteiger partial charge in [0.15, 0.2) is 0 Å². The highest BCUT2D eigenvalue weighted by Crippen LogP contribution is 2.26. The molecule has 2 fully saturated rings. The molecular weight excluding hydrogens is 364 g/mol. The lowest BCUT2D eigenvalue weighted by molar-refractivity contribution is -0.143. The van der Waals surface area contributed by atoms with Crippen molar-refractivity contribution in [2.75, 3.05) is 44.6 Å². The summed E-state index contributed by atoms with van der Waals surface area (Å²) in [5, 5.41) is 3.01. The Morgan fingerprint density at radius 2 is 1.62 bits per heavy atom. The minimum absolute atomic E-state index is 0.0497. The van der Waals surface area contributed by atoms with Gasteiger partial charge < -0.3 is 15.1 Å². The number of hydrogen-bond acceptors (Lipinski definition) is 4. The zero-order valence-electron chi connectivity index (χ0n) is 18.4. The van der Waals surface area contributed by atoms with E-state index in [2.05, 4.69) is 34.2 Å². The van der Waals surface area contributed by atoms with Crippen molar-refractivity contribution >= 4 is 17.5 Å². The number of likely N-dealkylation sites (tertiary alicyclic amines) is 1. The summed E-state index contributed by atoms with van der Waals surface area (Å²) >= 11 is 0. The minimum Gasteiger partial charge on any atom is -0.330 e. The van der Waals surface area contributed by atoms with Gasteiger partial charge >= 0.3 is 0 Å². The van der Waals surface area contributed by atoms with Gasteiger partial charge in [-0.2, -0.15) is 0 Å². The van der Waals surface area contributed by atoms with E-state index in [1.807, 2.05) is 32.9 Å². The molecule has 1 aromatic carbocycles. The first kappa shape index (κ1) is 21.8. The van der Waals surface area contributed by atoms with E-state index < -0.39 is 5.41 Å². The Balaban J connectivity index is 1.54. The fourth-order valence-corrected chi connectivity index (χ4v) is 4.15. The molecule has 0 saturated carbocycles. The van der Waals surface area contributed by atoms with Crippen molar-refractivity contribution in [2.45, 2.75) is 53.1 Å². The molecular formula is C23H36N4O2. The highest BCUT2D eigenvalue weighted by Gasteiger charge is 2.38. The van der Waals surface area contributed by atoms with E-state index in [-0.39, 0.29) is 17.9 Å². The summed E-state index contributed by atoms with van der Waals surface area (Å²) in [5.74, 6) is -0.0304. The predicted molar refractivity (Wildman–Crippen MR) is 117 cm³/mol. The van der Waals surface area contributed by atoms with Crippen molar-refractivity contribution in [1.29, 1.82) is 0 Å². The molecule has 1 aromatic rings. The number of benzene rings is 1. The highest BCUT2D eigenvalue weighted by atomic mass is 16.2. The standard InChI is InChI=1S/C23H36N4O2/c1-5-25-13-15-26(16-14-25)17-18-8-10-19(11-9-18)24-21(28)20-7-6-12-27(20)22(29)23(2,3)4/h8-11,20H,5-7,12-17H2,1-4H3,(H,24,28). The SMILES string of the molecule is CCN1CCN(Cc2ccc(NC(=O)C3CCCN3C(=O)C(C)(C)C)cc2)CC1. The first-order chi connectivity index (χ1) is 13.8.